The Balaban J connectivity index is 0.00000288. The maximum absolute atomic E-state index is 12.0. The Bertz CT molecular complexity index is 402. The second kappa shape index (κ2) is 11.9. The molecule has 0 spiro atoms. The minimum Gasteiger partial charge on any atom is -0.357 e. The molecule has 1 amide bonds. The number of carbonyl (C=O) groups excluding carboxylic acids is 1. The predicted molar refractivity (Wildman–Crippen MR) is 111 cm³/mol. The summed E-state index contributed by atoms with van der Waals surface area (Å²) >= 11 is 0. The van der Waals surface area contributed by atoms with Crippen LogP contribution in [0.5, 0.6) is 0 Å². The molecule has 1 unspecified atom stereocenters. The quantitative estimate of drug-likeness (QED) is 0.303. The molecule has 2 fully saturated rings. The van der Waals surface area contributed by atoms with Crippen LogP contribution in [0, 0.1) is 5.92 Å². The molecule has 0 aromatic heterocycles. The molecule has 1 N–H and O–H groups in total. The van der Waals surface area contributed by atoms with Crippen LogP contribution in [-0.2, 0) is 4.79 Å². The van der Waals surface area contributed by atoms with Gasteiger partial charge in [0.1, 0.15) is 0 Å². The van der Waals surface area contributed by atoms with Gasteiger partial charge in [0.05, 0.1) is 0 Å². The first kappa shape index (κ1) is 21.5. The number of nitrogens with zero attached hydrogens (tertiary/aromatic N) is 3. The molecule has 0 aromatic rings. The second-order valence-corrected chi connectivity index (χ2v) is 6.97. The number of nitrogens with one attached hydrogen (secondary N) is 1. The van der Waals surface area contributed by atoms with Gasteiger partial charge in [-0.05, 0) is 44.9 Å². The summed E-state index contributed by atoms with van der Waals surface area (Å²) in [5.74, 6) is 2.15. The van der Waals surface area contributed by atoms with E-state index in [0.29, 0.717) is 5.91 Å². The van der Waals surface area contributed by atoms with Crippen molar-refractivity contribution in [3.8, 4) is 0 Å². The summed E-state index contributed by atoms with van der Waals surface area (Å²) in [5, 5.41) is 3.43. The maximum Gasteiger partial charge on any atom is 0.222 e. The molecule has 0 saturated carbocycles. The Labute approximate surface area is 164 Å². The van der Waals surface area contributed by atoms with E-state index in [1.807, 2.05) is 4.90 Å². The second-order valence-electron chi connectivity index (χ2n) is 6.97. The zero-order chi connectivity index (χ0) is 16.5. The lowest BCUT2D eigenvalue weighted by Gasteiger charge is -2.33. The number of carbonyl (C=O) groups is 1. The zero-order valence-electron chi connectivity index (χ0n) is 15.4. The van der Waals surface area contributed by atoms with Gasteiger partial charge < -0.3 is 15.1 Å². The van der Waals surface area contributed by atoms with Crippen molar-refractivity contribution in [3.63, 3.8) is 0 Å². The van der Waals surface area contributed by atoms with Gasteiger partial charge in [0, 0.05) is 45.7 Å². The van der Waals surface area contributed by atoms with Crippen LogP contribution in [-0.4, -0.2) is 60.9 Å². The number of hydrogen-bond donors (Lipinski definition) is 1. The summed E-state index contributed by atoms with van der Waals surface area (Å²) in [6.07, 6.45) is 7.69. The van der Waals surface area contributed by atoms with Gasteiger partial charge in [0.25, 0.3) is 0 Å². The standard InChI is InChI=1S/C18H34N4O.HI/c1-3-19-18(22-13-7-9-16(2)15-22)20-11-8-14-21-12-6-4-5-10-17(21)23;/h16H,3-15H2,1-2H3,(H,19,20);1H. The van der Waals surface area contributed by atoms with E-state index >= 15 is 0 Å². The van der Waals surface area contributed by atoms with Crippen LogP contribution in [0.25, 0.3) is 0 Å². The molecule has 6 heteroatoms. The lowest BCUT2D eigenvalue weighted by atomic mass is 10.0. The molecule has 2 aliphatic heterocycles. The average Bonchev–Trinajstić information content (AvgIpc) is 2.75. The number of aliphatic imine (C=N–C) groups is 1. The fraction of sp³-hybridized carbons (Fsp3) is 0.889. The molecule has 140 valence electrons. The van der Waals surface area contributed by atoms with Crippen molar-refractivity contribution in [1.82, 2.24) is 15.1 Å². The first-order valence-corrected chi connectivity index (χ1v) is 9.51. The van der Waals surface area contributed by atoms with E-state index in [0.717, 1.165) is 76.8 Å². The lowest BCUT2D eigenvalue weighted by Crippen LogP contribution is -2.46. The maximum atomic E-state index is 12.0. The van der Waals surface area contributed by atoms with Crippen LogP contribution in [0.1, 0.15) is 58.8 Å². The minimum atomic E-state index is 0. The Hall–Kier alpha value is -0.530. The topological polar surface area (TPSA) is 47.9 Å². The van der Waals surface area contributed by atoms with Gasteiger partial charge in [-0.1, -0.05) is 13.3 Å². The summed E-state index contributed by atoms with van der Waals surface area (Å²) in [6.45, 7) is 10.2. The highest BCUT2D eigenvalue weighted by molar-refractivity contribution is 14.0. The van der Waals surface area contributed by atoms with Crippen molar-refractivity contribution < 1.29 is 4.79 Å². The smallest absolute Gasteiger partial charge is 0.222 e. The molecule has 24 heavy (non-hydrogen) atoms. The van der Waals surface area contributed by atoms with Gasteiger partial charge in [-0.3, -0.25) is 9.79 Å². The minimum absolute atomic E-state index is 0. The Morgan fingerprint density at radius 3 is 2.83 bits per heavy atom. The fourth-order valence-corrected chi connectivity index (χ4v) is 3.53. The lowest BCUT2D eigenvalue weighted by molar-refractivity contribution is -0.130. The van der Waals surface area contributed by atoms with E-state index in [1.54, 1.807) is 0 Å². The van der Waals surface area contributed by atoms with Crippen LogP contribution in [0.2, 0.25) is 0 Å². The van der Waals surface area contributed by atoms with Crippen molar-refractivity contribution in [1.29, 1.82) is 0 Å². The Kier molecular flexibility index (Phi) is 10.7. The molecule has 5 nitrogen and oxygen atoms in total. The SMILES string of the molecule is CCNC(=NCCCN1CCCCCC1=O)N1CCCC(C)C1.I. The van der Waals surface area contributed by atoms with Crippen LogP contribution in [0.3, 0.4) is 0 Å². The summed E-state index contributed by atoms with van der Waals surface area (Å²) < 4.78 is 0. The number of halogens is 1. The number of rotatable bonds is 5. The molecule has 2 heterocycles. The fourth-order valence-electron chi connectivity index (χ4n) is 3.53. The van der Waals surface area contributed by atoms with E-state index in [4.69, 9.17) is 4.99 Å². The van der Waals surface area contributed by atoms with Gasteiger partial charge in [-0.2, -0.15) is 0 Å². The third-order valence-corrected chi connectivity index (χ3v) is 4.81. The molecule has 0 aliphatic carbocycles. The molecular formula is C18H35IN4O. The predicted octanol–water partition coefficient (Wildman–Crippen LogP) is 3.09. The zero-order valence-corrected chi connectivity index (χ0v) is 17.8. The molecule has 1 atom stereocenters. The van der Waals surface area contributed by atoms with Crippen LogP contribution in [0.15, 0.2) is 4.99 Å². The van der Waals surface area contributed by atoms with E-state index in [-0.39, 0.29) is 24.0 Å². The Morgan fingerprint density at radius 2 is 2.08 bits per heavy atom. The van der Waals surface area contributed by atoms with Crippen molar-refractivity contribution in [2.75, 3.05) is 39.3 Å². The largest absolute Gasteiger partial charge is 0.357 e. The molecule has 0 radical (unpaired) electrons. The highest BCUT2D eigenvalue weighted by Crippen LogP contribution is 2.15. The highest BCUT2D eigenvalue weighted by atomic mass is 127. The van der Waals surface area contributed by atoms with E-state index < -0.39 is 0 Å². The highest BCUT2D eigenvalue weighted by Gasteiger charge is 2.19. The summed E-state index contributed by atoms with van der Waals surface area (Å²) in [4.78, 5) is 21.2. The van der Waals surface area contributed by atoms with E-state index in [2.05, 4.69) is 24.1 Å². The van der Waals surface area contributed by atoms with Gasteiger partial charge in [0.2, 0.25) is 5.91 Å². The van der Waals surface area contributed by atoms with Gasteiger partial charge in [-0.15, -0.1) is 24.0 Å². The number of likely N-dealkylation sites (tertiary alicyclic amines) is 2. The van der Waals surface area contributed by atoms with Crippen LogP contribution < -0.4 is 5.32 Å². The molecule has 2 saturated heterocycles. The summed E-state index contributed by atoms with van der Waals surface area (Å²) in [5.41, 5.74) is 0. The number of amides is 1. The monoisotopic (exact) mass is 450 g/mol. The molecule has 2 aliphatic rings. The number of guanidine groups is 1. The summed E-state index contributed by atoms with van der Waals surface area (Å²) in [7, 11) is 0. The first-order chi connectivity index (χ1) is 11.2. The van der Waals surface area contributed by atoms with Crippen molar-refractivity contribution in [2.45, 2.75) is 58.8 Å². The number of piperidine rings is 1. The Morgan fingerprint density at radius 1 is 1.25 bits per heavy atom. The summed E-state index contributed by atoms with van der Waals surface area (Å²) in [6, 6.07) is 0. The van der Waals surface area contributed by atoms with E-state index in [9.17, 15) is 4.79 Å². The third-order valence-electron chi connectivity index (χ3n) is 4.81. The van der Waals surface area contributed by atoms with Gasteiger partial charge in [-0.25, -0.2) is 0 Å². The number of hydrogen-bond acceptors (Lipinski definition) is 2. The molecule has 0 bridgehead atoms. The average molecular weight is 450 g/mol. The van der Waals surface area contributed by atoms with Gasteiger partial charge >= 0.3 is 0 Å². The van der Waals surface area contributed by atoms with E-state index in [1.165, 1.54) is 19.3 Å². The normalized spacial score (nSPS) is 22.8. The van der Waals surface area contributed by atoms with Crippen LogP contribution >= 0.6 is 24.0 Å². The molecule has 0 aromatic carbocycles. The van der Waals surface area contributed by atoms with Gasteiger partial charge in [0.15, 0.2) is 5.96 Å². The van der Waals surface area contributed by atoms with Crippen molar-refractivity contribution in [2.24, 2.45) is 10.9 Å². The third kappa shape index (κ3) is 7.15. The van der Waals surface area contributed by atoms with Crippen molar-refractivity contribution >= 4 is 35.8 Å². The molecule has 2 rings (SSSR count). The van der Waals surface area contributed by atoms with Crippen LogP contribution in [0.4, 0.5) is 0 Å². The first-order valence-electron chi connectivity index (χ1n) is 9.51. The molecular weight excluding hydrogens is 415 g/mol. The van der Waals surface area contributed by atoms with Crippen molar-refractivity contribution in [3.05, 3.63) is 0 Å².